The molecule has 0 aromatic carbocycles. The normalized spacial score (nSPS) is 14.8. The van der Waals surface area contributed by atoms with Gasteiger partial charge in [0.1, 0.15) is 17.9 Å². The van der Waals surface area contributed by atoms with Crippen molar-refractivity contribution < 1.29 is 4.79 Å². The summed E-state index contributed by atoms with van der Waals surface area (Å²) in [6, 6.07) is 0.408. The Morgan fingerprint density at radius 2 is 2.44 bits per heavy atom. The first-order chi connectivity index (χ1) is 7.58. The zero-order valence-electron chi connectivity index (χ0n) is 8.96. The molecule has 16 heavy (non-hydrogen) atoms. The standard InChI is InChI=1S/C9H13N5OS/c1-13(6-2-3-6)7(15)4-14-5-11-9(12-14)8(10)16/h5-6H,2-4H2,1H3,(H2,10,16). The van der Waals surface area contributed by atoms with E-state index in [-0.39, 0.29) is 17.4 Å². The smallest absolute Gasteiger partial charge is 0.244 e. The second-order valence-electron chi connectivity index (χ2n) is 3.87. The van der Waals surface area contributed by atoms with Crippen molar-refractivity contribution in [2.75, 3.05) is 7.05 Å². The minimum atomic E-state index is 0.0295. The summed E-state index contributed by atoms with van der Waals surface area (Å²) >= 11 is 4.74. The predicted molar refractivity (Wildman–Crippen MR) is 61.7 cm³/mol. The third kappa shape index (κ3) is 2.35. The summed E-state index contributed by atoms with van der Waals surface area (Å²) in [6.07, 6.45) is 3.66. The number of thiocarbonyl (C=S) groups is 1. The Labute approximate surface area is 98.4 Å². The molecular weight excluding hydrogens is 226 g/mol. The Bertz CT molecular complexity index is 425. The van der Waals surface area contributed by atoms with Gasteiger partial charge in [0.05, 0.1) is 0 Å². The van der Waals surface area contributed by atoms with Gasteiger partial charge in [-0.2, -0.15) is 0 Å². The predicted octanol–water partition coefficient (Wildman–Crippen LogP) is -0.467. The van der Waals surface area contributed by atoms with E-state index in [4.69, 9.17) is 18.0 Å². The fraction of sp³-hybridized carbons (Fsp3) is 0.556. The van der Waals surface area contributed by atoms with E-state index >= 15 is 0 Å². The maximum Gasteiger partial charge on any atom is 0.244 e. The molecule has 1 amide bonds. The van der Waals surface area contributed by atoms with Gasteiger partial charge in [-0.05, 0) is 12.8 Å². The van der Waals surface area contributed by atoms with E-state index in [0.29, 0.717) is 11.9 Å². The number of likely N-dealkylation sites (N-methyl/N-ethyl adjacent to an activating group) is 1. The average Bonchev–Trinajstić information content (AvgIpc) is 2.97. The number of carbonyl (C=O) groups excluding carboxylic acids is 1. The van der Waals surface area contributed by atoms with Crippen LogP contribution in [-0.4, -0.2) is 43.6 Å². The molecule has 0 radical (unpaired) electrons. The van der Waals surface area contributed by atoms with Crippen LogP contribution in [0.2, 0.25) is 0 Å². The van der Waals surface area contributed by atoms with E-state index in [2.05, 4.69) is 10.1 Å². The molecule has 1 saturated carbocycles. The highest BCUT2D eigenvalue weighted by molar-refractivity contribution is 7.80. The summed E-state index contributed by atoms with van der Waals surface area (Å²) in [7, 11) is 1.81. The second-order valence-corrected chi connectivity index (χ2v) is 4.31. The van der Waals surface area contributed by atoms with Crippen LogP contribution in [0.1, 0.15) is 18.7 Å². The number of amides is 1. The molecule has 0 atom stereocenters. The Morgan fingerprint density at radius 1 is 1.75 bits per heavy atom. The van der Waals surface area contributed by atoms with Crippen LogP contribution in [0.15, 0.2) is 6.33 Å². The van der Waals surface area contributed by atoms with Crippen molar-refractivity contribution in [3.05, 3.63) is 12.2 Å². The molecule has 0 saturated heterocycles. The Morgan fingerprint density at radius 3 is 2.94 bits per heavy atom. The number of hydrogen-bond donors (Lipinski definition) is 1. The van der Waals surface area contributed by atoms with E-state index in [1.165, 1.54) is 11.0 Å². The molecule has 2 rings (SSSR count). The lowest BCUT2D eigenvalue weighted by molar-refractivity contribution is -0.131. The van der Waals surface area contributed by atoms with E-state index in [1.807, 2.05) is 7.05 Å². The number of hydrogen-bond acceptors (Lipinski definition) is 4. The van der Waals surface area contributed by atoms with Crippen LogP contribution in [0.4, 0.5) is 0 Å². The molecule has 86 valence electrons. The maximum absolute atomic E-state index is 11.7. The molecular formula is C9H13N5OS. The first kappa shape index (κ1) is 11.0. The molecule has 7 heteroatoms. The van der Waals surface area contributed by atoms with Crippen molar-refractivity contribution in [3.63, 3.8) is 0 Å². The van der Waals surface area contributed by atoms with E-state index in [0.717, 1.165) is 12.8 Å². The lowest BCUT2D eigenvalue weighted by Gasteiger charge is -2.15. The van der Waals surface area contributed by atoms with Gasteiger partial charge in [0, 0.05) is 13.1 Å². The second kappa shape index (κ2) is 4.17. The van der Waals surface area contributed by atoms with Gasteiger partial charge in [0.25, 0.3) is 0 Å². The van der Waals surface area contributed by atoms with E-state index < -0.39 is 0 Å². The first-order valence-electron chi connectivity index (χ1n) is 5.03. The summed E-state index contributed by atoms with van der Waals surface area (Å²) in [5.74, 6) is 0.332. The third-order valence-corrected chi connectivity index (χ3v) is 2.72. The van der Waals surface area contributed by atoms with Crippen molar-refractivity contribution in [1.82, 2.24) is 19.7 Å². The highest BCUT2D eigenvalue weighted by Gasteiger charge is 2.29. The number of carbonyl (C=O) groups is 1. The Kier molecular flexibility index (Phi) is 2.86. The summed E-state index contributed by atoms with van der Waals surface area (Å²) < 4.78 is 1.45. The maximum atomic E-state index is 11.7. The molecule has 1 aromatic heterocycles. The van der Waals surface area contributed by atoms with Crippen molar-refractivity contribution in [2.45, 2.75) is 25.4 Å². The fourth-order valence-corrected chi connectivity index (χ4v) is 1.49. The van der Waals surface area contributed by atoms with Crippen LogP contribution in [0.5, 0.6) is 0 Å². The van der Waals surface area contributed by atoms with Crippen molar-refractivity contribution in [3.8, 4) is 0 Å². The molecule has 1 fully saturated rings. The topological polar surface area (TPSA) is 77.0 Å². The number of nitrogens with zero attached hydrogens (tertiary/aromatic N) is 4. The van der Waals surface area contributed by atoms with Gasteiger partial charge in [-0.25, -0.2) is 9.67 Å². The van der Waals surface area contributed by atoms with Crippen molar-refractivity contribution >= 4 is 23.1 Å². The van der Waals surface area contributed by atoms with Crippen LogP contribution in [0.3, 0.4) is 0 Å². The molecule has 0 unspecified atom stereocenters. The molecule has 0 spiro atoms. The molecule has 1 heterocycles. The zero-order chi connectivity index (χ0) is 11.7. The van der Waals surface area contributed by atoms with Crippen LogP contribution < -0.4 is 5.73 Å². The highest BCUT2D eigenvalue weighted by Crippen LogP contribution is 2.25. The molecule has 0 aliphatic heterocycles. The van der Waals surface area contributed by atoms with Crippen molar-refractivity contribution in [2.24, 2.45) is 5.73 Å². The van der Waals surface area contributed by atoms with Crippen LogP contribution >= 0.6 is 12.2 Å². The van der Waals surface area contributed by atoms with Crippen LogP contribution in [-0.2, 0) is 11.3 Å². The van der Waals surface area contributed by atoms with E-state index in [9.17, 15) is 4.79 Å². The molecule has 0 bridgehead atoms. The first-order valence-corrected chi connectivity index (χ1v) is 5.43. The number of nitrogens with two attached hydrogens (primary N) is 1. The van der Waals surface area contributed by atoms with Crippen LogP contribution in [0, 0.1) is 0 Å². The van der Waals surface area contributed by atoms with Gasteiger partial charge < -0.3 is 10.6 Å². The van der Waals surface area contributed by atoms with Gasteiger partial charge in [0.15, 0.2) is 0 Å². The quantitative estimate of drug-likeness (QED) is 0.719. The van der Waals surface area contributed by atoms with Gasteiger partial charge >= 0.3 is 0 Å². The Balaban J connectivity index is 1.97. The summed E-state index contributed by atoms with van der Waals surface area (Å²) in [5.41, 5.74) is 5.37. The minimum Gasteiger partial charge on any atom is -0.387 e. The highest BCUT2D eigenvalue weighted by atomic mass is 32.1. The lowest BCUT2D eigenvalue weighted by atomic mass is 10.5. The average molecular weight is 239 g/mol. The van der Waals surface area contributed by atoms with E-state index in [1.54, 1.807) is 4.90 Å². The monoisotopic (exact) mass is 239 g/mol. The molecule has 2 N–H and O–H groups in total. The molecule has 6 nitrogen and oxygen atoms in total. The molecule has 1 aliphatic carbocycles. The largest absolute Gasteiger partial charge is 0.387 e. The van der Waals surface area contributed by atoms with Gasteiger partial charge in [-0.1, -0.05) is 12.2 Å². The van der Waals surface area contributed by atoms with Gasteiger partial charge in [-0.3, -0.25) is 4.79 Å². The third-order valence-electron chi connectivity index (χ3n) is 2.54. The minimum absolute atomic E-state index is 0.0295. The van der Waals surface area contributed by atoms with Crippen molar-refractivity contribution in [1.29, 1.82) is 0 Å². The summed E-state index contributed by atoms with van der Waals surface area (Å²) in [5, 5.41) is 4.00. The van der Waals surface area contributed by atoms with Gasteiger partial charge in [0.2, 0.25) is 11.7 Å². The summed E-state index contributed by atoms with van der Waals surface area (Å²) in [4.78, 5) is 17.5. The zero-order valence-corrected chi connectivity index (χ0v) is 9.78. The Hall–Kier alpha value is -1.50. The summed E-state index contributed by atoms with van der Waals surface area (Å²) in [6.45, 7) is 0.183. The number of aromatic nitrogens is 3. The molecule has 1 aromatic rings. The fourth-order valence-electron chi connectivity index (χ4n) is 1.40. The lowest BCUT2D eigenvalue weighted by Crippen LogP contribution is -2.32. The van der Waals surface area contributed by atoms with Gasteiger partial charge in [-0.15, -0.1) is 5.10 Å². The molecule has 1 aliphatic rings. The number of rotatable bonds is 4. The SMILES string of the molecule is CN(C(=O)Cn1cnc(C(N)=S)n1)C1CC1. The van der Waals surface area contributed by atoms with Crippen LogP contribution in [0.25, 0.3) is 0 Å².